The lowest BCUT2D eigenvalue weighted by molar-refractivity contribution is 0.303. The molecule has 9 nitrogen and oxygen atoms in total. The number of hydrogen-bond donors (Lipinski definition) is 1. The van der Waals surface area contributed by atoms with Crippen LogP contribution < -0.4 is 14.2 Å². The number of methoxy groups -OCH3 is 2. The molecule has 3 aromatic heterocycles. The zero-order valence-corrected chi connectivity index (χ0v) is 17.6. The Hall–Kier alpha value is -3.92. The van der Waals surface area contributed by atoms with E-state index in [1.54, 1.807) is 18.7 Å². The molecule has 3 heterocycles. The molecule has 0 aliphatic heterocycles. The van der Waals surface area contributed by atoms with Gasteiger partial charge < -0.3 is 14.2 Å². The van der Waals surface area contributed by atoms with Crippen molar-refractivity contribution in [3.8, 4) is 40.0 Å². The lowest BCUT2D eigenvalue weighted by Crippen LogP contribution is -1.97. The molecule has 0 fully saturated rings. The van der Waals surface area contributed by atoms with E-state index in [1.165, 1.54) is 11.3 Å². The average Bonchev–Trinajstić information content (AvgIpc) is 3.54. The topological polar surface area (TPSA) is 99.5 Å². The van der Waals surface area contributed by atoms with E-state index >= 15 is 0 Å². The van der Waals surface area contributed by atoms with Crippen LogP contribution in [0.4, 0.5) is 0 Å². The molecule has 0 radical (unpaired) electrons. The first-order valence-corrected chi connectivity index (χ1v) is 10.2. The summed E-state index contributed by atoms with van der Waals surface area (Å²) in [5, 5.41) is 21.3. The minimum absolute atomic E-state index is 0.333. The van der Waals surface area contributed by atoms with Crippen LogP contribution in [0, 0.1) is 0 Å². The van der Waals surface area contributed by atoms with Gasteiger partial charge in [-0.05, 0) is 54.6 Å². The predicted octanol–water partition coefficient (Wildman–Crippen LogP) is 3.84. The van der Waals surface area contributed by atoms with E-state index < -0.39 is 0 Å². The molecule has 0 amide bonds. The fourth-order valence-electron chi connectivity index (χ4n) is 3.05. The van der Waals surface area contributed by atoms with Crippen molar-refractivity contribution in [2.75, 3.05) is 14.2 Å². The van der Waals surface area contributed by atoms with Crippen molar-refractivity contribution in [2.24, 2.45) is 0 Å². The van der Waals surface area contributed by atoms with Crippen molar-refractivity contribution >= 4 is 16.3 Å². The Balaban J connectivity index is 1.35. The Kier molecular flexibility index (Phi) is 4.97. The van der Waals surface area contributed by atoms with Gasteiger partial charge in [-0.1, -0.05) is 11.3 Å². The van der Waals surface area contributed by atoms with E-state index in [-0.39, 0.29) is 0 Å². The number of nitrogens with one attached hydrogen (secondary N) is 1. The molecule has 0 unspecified atom stereocenters. The Morgan fingerprint density at radius 3 is 2.29 bits per heavy atom. The summed E-state index contributed by atoms with van der Waals surface area (Å²) in [6.45, 7) is 0.333. The maximum Gasteiger partial charge on any atom is 0.235 e. The smallest absolute Gasteiger partial charge is 0.235 e. The van der Waals surface area contributed by atoms with Crippen LogP contribution in [0.15, 0.2) is 54.6 Å². The second kappa shape index (κ2) is 8.07. The maximum atomic E-state index is 5.82. The summed E-state index contributed by atoms with van der Waals surface area (Å²) >= 11 is 1.43. The quantitative estimate of drug-likeness (QED) is 0.415. The zero-order chi connectivity index (χ0) is 21.2. The summed E-state index contributed by atoms with van der Waals surface area (Å²) < 4.78 is 17.9. The van der Waals surface area contributed by atoms with Gasteiger partial charge in [0.1, 0.15) is 29.5 Å². The van der Waals surface area contributed by atoms with Gasteiger partial charge in [-0.15, -0.1) is 10.2 Å². The second-order valence-electron chi connectivity index (χ2n) is 6.57. The molecule has 1 N–H and O–H groups in total. The molecule has 0 atom stereocenters. The first-order valence-electron chi connectivity index (χ1n) is 9.41. The van der Waals surface area contributed by atoms with Crippen LogP contribution >= 0.6 is 11.3 Å². The van der Waals surface area contributed by atoms with Crippen molar-refractivity contribution in [1.82, 2.24) is 30.0 Å². The highest BCUT2D eigenvalue weighted by molar-refractivity contribution is 7.16. The van der Waals surface area contributed by atoms with Crippen molar-refractivity contribution in [3.63, 3.8) is 0 Å². The van der Waals surface area contributed by atoms with E-state index in [2.05, 4.69) is 25.5 Å². The minimum Gasteiger partial charge on any atom is -0.497 e. The number of ether oxygens (including phenoxy) is 3. The summed E-state index contributed by atoms with van der Waals surface area (Å²) in [6.07, 6.45) is 0. The number of fused-ring (bicyclic) bond motifs is 1. The van der Waals surface area contributed by atoms with Crippen LogP contribution in [0.25, 0.3) is 27.7 Å². The van der Waals surface area contributed by atoms with Crippen LogP contribution in [0.1, 0.15) is 5.01 Å². The standard InChI is InChI=1S/C21H18N6O3S/c1-28-14-5-3-13(4-6-14)17-11-18(23-22-17)20-24-25-21-27(20)26-19(31-21)12-30-16-9-7-15(29-2)8-10-16/h3-11H,12H2,1-2H3,(H,22,23). The molecule has 10 heteroatoms. The molecule has 5 aromatic rings. The number of aromatic nitrogens is 6. The monoisotopic (exact) mass is 434 g/mol. The summed E-state index contributed by atoms with van der Waals surface area (Å²) in [6, 6.07) is 17.0. The molecule has 2 aromatic carbocycles. The summed E-state index contributed by atoms with van der Waals surface area (Å²) in [4.78, 5) is 0.684. The van der Waals surface area contributed by atoms with Crippen LogP contribution in [0.3, 0.4) is 0 Å². The Labute approximate surface area is 181 Å². The third-order valence-corrected chi connectivity index (χ3v) is 5.53. The number of benzene rings is 2. The fraction of sp³-hybridized carbons (Fsp3) is 0.143. The number of aromatic amines is 1. The first kappa shape index (κ1) is 19.1. The van der Waals surface area contributed by atoms with Crippen LogP contribution in [-0.2, 0) is 6.61 Å². The van der Waals surface area contributed by atoms with Gasteiger partial charge in [0.05, 0.1) is 19.9 Å². The van der Waals surface area contributed by atoms with Gasteiger partial charge >= 0.3 is 0 Å². The molecule has 0 aliphatic rings. The predicted molar refractivity (Wildman–Crippen MR) is 116 cm³/mol. The van der Waals surface area contributed by atoms with Crippen molar-refractivity contribution < 1.29 is 14.2 Å². The number of hydrogen-bond acceptors (Lipinski definition) is 8. The molecule has 5 rings (SSSR count). The first-order chi connectivity index (χ1) is 15.2. The van der Waals surface area contributed by atoms with Gasteiger partial charge in [0.25, 0.3) is 0 Å². The summed E-state index contributed by atoms with van der Waals surface area (Å²) in [5.41, 5.74) is 2.50. The van der Waals surface area contributed by atoms with Gasteiger partial charge in [-0.2, -0.15) is 14.7 Å². The largest absolute Gasteiger partial charge is 0.497 e. The van der Waals surface area contributed by atoms with Crippen molar-refractivity contribution in [2.45, 2.75) is 6.61 Å². The number of rotatable bonds is 7. The zero-order valence-electron chi connectivity index (χ0n) is 16.8. The maximum absolute atomic E-state index is 5.82. The molecule has 0 saturated heterocycles. The number of nitrogens with zero attached hydrogens (tertiary/aromatic N) is 5. The molecular formula is C21H18N6O3S. The van der Waals surface area contributed by atoms with E-state index in [4.69, 9.17) is 14.2 Å². The fourth-order valence-corrected chi connectivity index (χ4v) is 3.79. The SMILES string of the molecule is COc1ccc(OCc2nn3c(-c4cc(-c5ccc(OC)cc5)n[nH]4)nnc3s2)cc1. The molecular weight excluding hydrogens is 416 g/mol. The summed E-state index contributed by atoms with van der Waals surface area (Å²) in [7, 11) is 3.27. The number of H-pyrrole nitrogens is 1. The van der Waals surface area contributed by atoms with Gasteiger partial charge in [0.15, 0.2) is 5.01 Å². The van der Waals surface area contributed by atoms with Gasteiger partial charge in [-0.25, -0.2) is 0 Å². The van der Waals surface area contributed by atoms with Crippen LogP contribution in [-0.4, -0.2) is 44.2 Å². The molecule has 31 heavy (non-hydrogen) atoms. The van der Waals surface area contributed by atoms with Crippen LogP contribution in [0.2, 0.25) is 0 Å². The lowest BCUT2D eigenvalue weighted by atomic mass is 10.1. The molecule has 0 spiro atoms. The van der Waals surface area contributed by atoms with E-state index in [1.807, 2.05) is 54.6 Å². The van der Waals surface area contributed by atoms with Gasteiger partial charge in [0.2, 0.25) is 10.8 Å². The Morgan fingerprint density at radius 2 is 1.58 bits per heavy atom. The summed E-state index contributed by atoms with van der Waals surface area (Å²) in [5.74, 6) is 2.91. The highest BCUT2D eigenvalue weighted by Gasteiger charge is 2.16. The average molecular weight is 434 g/mol. The molecule has 0 aliphatic carbocycles. The van der Waals surface area contributed by atoms with E-state index in [0.29, 0.717) is 17.4 Å². The van der Waals surface area contributed by atoms with Crippen molar-refractivity contribution in [1.29, 1.82) is 0 Å². The Morgan fingerprint density at radius 1 is 0.903 bits per heavy atom. The highest BCUT2D eigenvalue weighted by atomic mass is 32.1. The van der Waals surface area contributed by atoms with Crippen LogP contribution in [0.5, 0.6) is 17.2 Å². The van der Waals surface area contributed by atoms with Gasteiger partial charge in [0, 0.05) is 5.56 Å². The Bertz CT molecular complexity index is 1310. The lowest BCUT2D eigenvalue weighted by Gasteiger charge is -2.04. The highest BCUT2D eigenvalue weighted by Crippen LogP contribution is 2.26. The van der Waals surface area contributed by atoms with E-state index in [9.17, 15) is 0 Å². The normalized spacial score (nSPS) is 11.0. The third-order valence-electron chi connectivity index (χ3n) is 4.66. The molecule has 0 saturated carbocycles. The minimum atomic E-state index is 0.333. The molecule has 0 bridgehead atoms. The van der Waals surface area contributed by atoms with Crippen molar-refractivity contribution in [3.05, 3.63) is 59.6 Å². The third kappa shape index (κ3) is 3.80. The van der Waals surface area contributed by atoms with Gasteiger partial charge in [-0.3, -0.25) is 5.10 Å². The molecule has 156 valence electrons. The second-order valence-corrected chi connectivity index (χ2v) is 7.61. The van der Waals surface area contributed by atoms with E-state index in [0.717, 1.165) is 39.2 Å².